The van der Waals surface area contributed by atoms with E-state index in [2.05, 4.69) is 6.58 Å². The van der Waals surface area contributed by atoms with Crippen LogP contribution in [-0.4, -0.2) is 64.4 Å². The summed E-state index contributed by atoms with van der Waals surface area (Å²) in [5.74, 6) is -0.0816. The van der Waals surface area contributed by atoms with Gasteiger partial charge in [-0.3, -0.25) is 4.55 Å². The Hall–Kier alpha value is 0.246. The summed E-state index contributed by atoms with van der Waals surface area (Å²) in [5, 5.41) is 0. The summed E-state index contributed by atoms with van der Waals surface area (Å²) >= 11 is 0. The number of fused-ring (bicyclic) bond motifs is 1. The Morgan fingerprint density at radius 2 is 1.72 bits per heavy atom. The largest absolute Gasteiger partial charge is 0.295 e. The van der Waals surface area contributed by atoms with Crippen molar-refractivity contribution in [3.05, 3.63) is 47.5 Å². The van der Waals surface area contributed by atoms with Gasteiger partial charge in [0.1, 0.15) is 4.91 Å². The van der Waals surface area contributed by atoms with Crippen LogP contribution in [-0.2, 0) is 10.1 Å². The fourth-order valence-corrected chi connectivity index (χ4v) is 3.25. The molecular formula is C13H14KO3S. The zero-order valence-electron chi connectivity index (χ0n) is 10.8. The van der Waals surface area contributed by atoms with E-state index in [1.807, 2.05) is 19.1 Å². The van der Waals surface area contributed by atoms with E-state index in [4.69, 9.17) is 0 Å². The van der Waals surface area contributed by atoms with Crippen LogP contribution >= 0.6 is 0 Å². The van der Waals surface area contributed by atoms with Gasteiger partial charge < -0.3 is 0 Å². The van der Waals surface area contributed by atoms with E-state index in [1.165, 1.54) is 0 Å². The van der Waals surface area contributed by atoms with E-state index in [0.717, 1.165) is 11.1 Å². The summed E-state index contributed by atoms with van der Waals surface area (Å²) in [5.41, 5.74) is 2.84. The Kier molecular flexibility index (Phi) is 5.17. The smallest absolute Gasteiger partial charge is 0.282 e. The van der Waals surface area contributed by atoms with Crippen LogP contribution in [0.1, 0.15) is 25.0 Å². The second-order valence-electron chi connectivity index (χ2n) is 4.28. The third-order valence-electron chi connectivity index (χ3n) is 3.31. The van der Waals surface area contributed by atoms with E-state index < -0.39 is 10.1 Å². The zero-order valence-corrected chi connectivity index (χ0v) is 14.7. The zero-order chi connectivity index (χ0) is 12.8. The molecule has 0 heterocycles. The minimum absolute atomic E-state index is 0. The van der Waals surface area contributed by atoms with E-state index in [9.17, 15) is 13.0 Å². The van der Waals surface area contributed by atoms with Gasteiger partial charge in [0.2, 0.25) is 0 Å². The first kappa shape index (κ1) is 16.3. The summed E-state index contributed by atoms with van der Waals surface area (Å²) in [6.07, 6.45) is 0. The van der Waals surface area contributed by atoms with Crippen molar-refractivity contribution in [2.24, 2.45) is 5.92 Å². The quantitative estimate of drug-likeness (QED) is 0.638. The topological polar surface area (TPSA) is 54.4 Å². The number of hydrogen-bond donors (Lipinski definition) is 1. The van der Waals surface area contributed by atoms with Crippen LogP contribution in [0.2, 0.25) is 0 Å². The summed E-state index contributed by atoms with van der Waals surface area (Å²) in [4.78, 5) is 0.0213. The average Bonchev–Trinajstić information content (AvgIpc) is 2.24. The number of rotatable bonds is 1. The molecular weight excluding hydrogens is 275 g/mol. The van der Waals surface area contributed by atoms with Gasteiger partial charge >= 0.3 is 0 Å². The number of hydrogen-bond acceptors (Lipinski definition) is 2. The molecule has 1 aromatic rings. The molecule has 0 saturated carbocycles. The molecule has 0 fully saturated rings. The maximum absolute atomic E-state index is 11.5. The van der Waals surface area contributed by atoms with Crippen LogP contribution in [0.5, 0.6) is 0 Å². The van der Waals surface area contributed by atoms with Crippen LogP contribution < -0.4 is 0 Å². The first-order chi connectivity index (χ1) is 7.84. The fourth-order valence-electron chi connectivity index (χ4n) is 2.21. The average molecular weight is 289 g/mol. The minimum Gasteiger partial charge on any atom is -0.282 e. The molecule has 1 aromatic carbocycles. The van der Waals surface area contributed by atoms with Gasteiger partial charge in [0.05, 0.1) is 0 Å². The molecule has 18 heavy (non-hydrogen) atoms. The van der Waals surface area contributed by atoms with Gasteiger partial charge in [-0.25, -0.2) is 0 Å². The van der Waals surface area contributed by atoms with E-state index in [1.54, 1.807) is 19.1 Å². The standard InChI is InChI=1S/C13H14O3S.K/c1-8-9(2)11-6-4-5-7-12(11)13(10(8)3)17(14,15)16;/h4-8H,2H2,1,3H3,(H,14,15,16);. The molecule has 2 rings (SSSR count). The van der Waals surface area contributed by atoms with Crippen molar-refractivity contribution >= 4 is 72.0 Å². The van der Waals surface area contributed by atoms with Gasteiger partial charge in [0, 0.05) is 62.9 Å². The van der Waals surface area contributed by atoms with E-state index >= 15 is 0 Å². The predicted octanol–water partition coefficient (Wildman–Crippen LogP) is 2.59. The van der Waals surface area contributed by atoms with Crippen molar-refractivity contribution < 1.29 is 13.0 Å². The molecule has 3 nitrogen and oxygen atoms in total. The SMILES string of the molecule is C=C1c2ccccc2C(S(=O)(=O)O)=C(C)C1C.[K]. The van der Waals surface area contributed by atoms with Gasteiger partial charge in [-0.15, -0.1) is 0 Å². The number of benzene rings is 1. The van der Waals surface area contributed by atoms with Crippen LogP contribution in [0, 0.1) is 5.92 Å². The molecule has 1 N–H and O–H groups in total. The summed E-state index contributed by atoms with van der Waals surface area (Å²) in [6, 6.07) is 7.10. The van der Waals surface area contributed by atoms with Crippen molar-refractivity contribution in [3.63, 3.8) is 0 Å². The van der Waals surface area contributed by atoms with Crippen molar-refractivity contribution in [3.8, 4) is 0 Å². The molecule has 0 spiro atoms. The van der Waals surface area contributed by atoms with Gasteiger partial charge in [0.15, 0.2) is 0 Å². The Morgan fingerprint density at radius 3 is 2.22 bits per heavy atom. The molecule has 1 aliphatic rings. The van der Waals surface area contributed by atoms with Crippen molar-refractivity contribution in [1.29, 1.82) is 0 Å². The van der Waals surface area contributed by atoms with Crippen LogP contribution in [0.15, 0.2) is 36.4 Å². The van der Waals surface area contributed by atoms with E-state index in [0.29, 0.717) is 11.1 Å². The Balaban J connectivity index is 0.00000162. The molecule has 0 amide bonds. The van der Waals surface area contributed by atoms with Gasteiger partial charge in [-0.2, -0.15) is 8.42 Å². The van der Waals surface area contributed by atoms with Gasteiger partial charge in [0.25, 0.3) is 10.1 Å². The number of allylic oxidation sites excluding steroid dienone is 2. The van der Waals surface area contributed by atoms with E-state index in [-0.39, 0.29) is 62.2 Å². The summed E-state index contributed by atoms with van der Waals surface area (Å²) in [6.45, 7) is 7.60. The Morgan fingerprint density at radius 1 is 1.22 bits per heavy atom. The van der Waals surface area contributed by atoms with Gasteiger partial charge in [-0.05, 0) is 23.6 Å². The third-order valence-corrected chi connectivity index (χ3v) is 4.36. The molecule has 91 valence electrons. The first-order valence-corrected chi connectivity index (χ1v) is 6.75. The van der Waals surface area contributed by atoms with Crippen LogP contribution in [0.3, 0.4) is 0 Å². The normalized spacial score (nSPS) is 19.3. The van der Waals surface area contributed by atoms with Gasteiger partial charge in [-0.1, -0.05) is 37.8 Å². The summed E-state index contributed by atoms with van der Waals surface area (Å²) in [7, 11) is -4.21. The van der Waals surface area contributed by atoms with Crippen molar-refractivity contribution in [1.82, 2.24) is 0 Å². The summed E-state index contributed by atoms with van der Waals surface area (Å²) < 4.78 is 32.3. The first-order valence-electron chi connectivity index (χ1n) is 5.31. The molecule has 1 aliphatic carbocycles. The Bertz CT molecular complexity index is 629. The molecule has 0 bridgehead atoms. The van der Waals surface area contributed by atoms with Crippen LogP contribution in [0.4, 0.5) is 0 Å². The maximum atomic E-state index is 11.5. The predicted molar refractivity (Wildman–Crippen MR) is 74.5 cm³/mol. The maximum Gasteiger partial charge on any atom is 0.295 e. The van der Waals surface area contributed by atoms with Crippen molar-refractivity contribution in [2.75, 3.05) is 0 Å². The molecule has 0 saturated heterocycles. The minimum atomic E-state index is -4.21. The van der Waals surface area contributed by atoms with Crippen molar-refractivity contribution in [2.45, 2.75) is 13.8 Å². The molecule has 0 aliphatic heterocycles. The molecule has 1 atom stereocenters. The molecule has 1 radical (unpaired) electrons. The second-order valence-corrected chi connectivity index (χ2v) is 5.64. The molecule has 5 heteroatoms. The van der Waals surface area contributed by atoms with Crippen LogP contribution in [0.25, 0.3) is 10.5 Å². The molecule has 1 unspecified atom stereocenters. The third kappa shape index (κ3) is 2.72. The fraction of sp³-hybridized carbons (Fsp3) is 0.231. The second kappa shape index (κ2) is 5.71. The molecule has 0 aromatic heterocycles. The monoisotopic (exact) mass is 289 g/mol. The Labute approximate surface area is 150 Å².